The molecule has 4 saturated heterocycles. The van der Waals surface area contributed by atoms with Crippen LogP contribution < -0.4 is 0 Å². The Kier molecular flexibility index (Phi) is 4.62. The number of β-amino-alcohol motifs (C(OH)–C–C–N with tert-alkyl or cyclic N) is 2. The van der Waals surface area contributed by atoms with Crippen molar-refractivity contribution >= 4 is 0 Å². The van der Waals surface area contributed by atoms with E-state index in [4.69, 9.17) is 23.7 Å². The highest BCUT2D eigenvalue weighted by molar-refractivity contribution is 5.01. The highest BCUT2D eigenvalue weighted by atomic mass is 16.9. The van der Waals surface area contributed by atoms with E-state index >= 15 is 0 Å². The molecule has 9 nitrogen and oxygen atoms in total. The lowest BCUT2D eigenvalue weighted by molar-refractivity contribution is -0.239. The summed E-state index contributed by atoms with van der Waals surface area (Å²) in [4.78, 5) is 1.86. The molecular weight excluding hydrogens is 346 g/mol. The van der Waals surface area contributed by atoms with Crippen LogP contribution in [-0.4, -0.2) is 100 Å². The van der Waals surface area contributed by atoms with E-state index in [9.17, 15) is 15.3 Å². The lowest BCUT2D eigenvalue weighted by atomic mass is 9.96. The average Bonchev–Trinajstić information content (AvgIpc) is 2.99. The predicted molar refractivity (Wildman–Crippen MR) is 87.0 cm³/mol. The Morgan fingerprint density at radius 1 is 0.808 bits per heavy atom. The van der Waals surface area contributed by atoms with Crippen molar-refractivity contribution in [3.8, 4) is 0 Å². The summed E-state index contributed by atoms with van der Waals surface area (Å²) >= 11 is 0. The van der Waals surface area contributed by atoms with Gasteiger partial charge in [0.25, 0.3) is 0 Å². The minimum absolute atomic E-state index is 0.247. The Labute approximate surface area is 152 Å². The summed E-state index contributed by atoms with van der Waals surface area (Å²) in [5.41, 5.74) is 0. The highest BCUT2D eigenvalue weighted by Gasteiger charge is 2.60. The molecule has 0 aromatic heterocycles. The highest BCUT2D eigenvalue weighted by Crippen LogP contribution is 2.44. The van der Waals surface area contributed by atoms with Crippen molar-refractivity contribution in [1.29, 1.82) is 0 Å². The standard InChI is InChI=1S/C17H29NO8/c1-16(2)23-12-10(7-18-5-8(19)11(21)9(20)6-18)22-15-14(13(12)24-16)25-17(3,4)26-15/h8-15,19-21H,5-7H2,1-4H3/t8-,9-,10-,12+,13+,14-,15-/m1/s1. The molecule has 0 aromatic carbocycles. The molecule has 0 bridgehead atoms. The smallest absolute Gasteiger partial charge is 0.190 e. The van der Waals surface area contributed by atoms with Crippen LogP contribution in [-0.2, 0) is 23.7 Å². The third-order valence-corrected chi connectivity index (χ3v) is 5.37. The van der Waals surface area contributed by atoms with Gasteiger partial charge in [-0.3, -0.25) is 4.90 Å². The van der Waals surface area contributed by atoms with Gasteiger partial charge in [0.15, 0.2) is 17.9 Å². The number of fused-ring (bicyclic) bond motifs is 3. The molecule has 150 valence electrons. The van der Waals surface area contributed by atoms with Crippen molar-refractivity contribution in [1.82, 2.24) is 4.90 Å². The molecule has 0 radical (unpaired) electrons. The Morgan fingerprint density at radius 3 is 2.00 bits per heavy atom. The number of hydrogen-bond donors (Lipinski definition) is 3. The topological polar surface area (TPSA) is 110 Å². The zero-order chi connectivity index (χ0) is 18.9. The van der Waals surface area contributed by atoms with Gasteiger partial charge in [0.2, 0.25) is 0 Å². The zero-order valence-corrected chi connectivity index (χ0v) is 15.6. The van der Waals surface area contributed by atoms with Gasteiger partial charge in [-0.2, -0.15) is 0 Å². The molecule has 3 N–H and O–H groups in total. The Hall–Kier alpha value is -0.360. The van der Waals surface area contributed by atoms with Crippen molar-refractivity contribution < 1.29 is 39.0 Å². The first-order valence-corrected chi connectivity index (χ1v) is 9.18. The first-order chi connectivity index (χ1) is 12.0. The number of rotatable bonds is 2. The van der Waals surface area contributed by atoms with Crippen molar-refractivity contribution in [2.75, 3.05) is 19.6 Å². The van der Waals surface area contributed by atoms with Crippen LogP contribution in [0.15, 0.2) is 0 Å². The molecule has 26 heavy (non-hydrogen) atoms. The fourth-order valence-corrected chi connectivity index (χ4v) is 4.32. The van der Waals surface area contributed by atoms with Crippen LogP contribution in [0.4, 0.5) is 0 Å². The second-order valence-electron chi connectivity index (χ2n) is 8.55. The van der Waals surface area contributed by atoms with E-state index in [0.717, 1.165) is 0 Å². The van der Waals surface area contributed by atoms with E-state index in [2.05, 4.69) is 0 Å². The minimum Gasteiger partial charge on any atom is -0.389 e. The van der Waals surface area contributed by atoms with Gasteiger partial charge < -0.3 is 39.0 Å². The SMILES string of the molecule is CC1(C)O[C@H]2[C@@H](O1)[C@@H](CN1C[C@@H](O)C(O)[C@H](O)C1)O[C@@H]1OC(C)(C)O[C@@H]12. The van der Waals surface area contributed by atoms with E-state index in [1.54, 1.807) is 0 Å². The summed E-state index contributed by atoms with van der Waals surface area (Å²) < 4.78 is 30.1. The number of piperidine rings is 1. The van der Waals surface area contributed by atoms with Crippen molar-refractivity contribution in [3.63, 3.8) is 0 Å². The summed E-state index contributed by atoms with van der Waals surface area (Å²) in [6.45, 7) is 8.27. The monoisotopic (exact) mass is 375 g/mol. The van der Waals surface area contributed by atoms with Gasteiger partial charge in [-0.05, 0) is 27.7 Å². The molecule has 0 aliphatic carbocycles. The molecule has 0 saturated carbocycles. The molecule has 0 aromatic rings. The lowest BCUT2D eigenvalue weighted by Crippen LogP contribution is -2.61. The molecular formula is C17H29NO8. The van der Waals surface area contributed by atoms with E-state index in [1.165, 1.54) is 0 Å². The second-order valence-corrected chi connectivity index (χ2v) is 8.55. The van der Waals surface area contributed by atoms with Crippen LogP contribution in [0.5, 0.6) is 0 Å². The molecule has 4 fully saturated rings. The van der Waals surface area contributed by atoms with Crippen LogP contribution in [0.2, 0.25) is 0 Å². The van der Waals surface area contributed by atoms with Crippen LogP contribution >= 0.6 is 0 Å². The zero-order valence-electron chi connectivity index (χ0n) is 15.6. The van der Waals surface area contributed by atoms with Gasteiger partial charge in [0.1, 0.15) is 30.5 Å². The fraction of sp³-hybridized carbons (Fsp3) is 1.00. The number of ether oxygens (including phenoxy) is 5. The molecule has 4 aliphatic rings. The summed E-state index contributed by atoms with van der Waals surface area (Å²) in [7, 11) is 0. The summed E-state index contributed by atoms with van der Waals surface area (Å²) in [6, 6.07) is 0. The van der Waals surface area contributed by atoms with Gasteiger partial charge in [-0.15, -0.1) is 0 Å². The van der Waals surface area contributed by atoms with E-state index in [-0.39, 0.29) is 37.5 Å². The van der Waals surface area contributed by atoms with E-state index < -0.39 is 36.2 Å². The Balaban J connectivity index is 1.51. The molecule has 4 heterocycles. The normalized spacial score (nSPS) is 48.3. The summed E-state index contributed by atoms with van der Waals surface area (Å²) in [5, 5.41) is 29.6. The first-order valence-electron chi connectivity index (χ1n) is 9.18. The van der Waals surface area contributed by atoms with Gasteiger partial charge in [0, 0.05) is 19.6 Å². The van der Waals surface area contributed by atoms with Gasteiger partial charge >= 0.3 is 0 Å². The minimum atomic E-state index is -1.13. The van der Waals surface area contributed by atoms with E-state index in [1.807, 2.05) is 32.6 Å². The maximum atomic E-state index is 9.94. The van der Waals surface area contributed by atoms with Gasteiger partial charge in [0.05, 0.1) is 12.2 Å². The fourth-order valence-electron chi connectivity index (χ4n) is 4.32. The lowest BCUT2D eigenvalue weighted by Gasteiger charge is -2.42. The number of aliphatic hydroxyl groups is 3. The van der Waals surface area contributed by atoms with Crippen molar-refractivity contribution in [3.05, 3.63) is 0 Å². The molecule has 4 rings (SSSR count). The van der Waals surface area contributed by atoms with Crippen LogP contribution in [0.1, 0.15) is 27.7 Å². The molecule has 7 atom stereocenters. The third kappa shape index (κ3) is 3.41. The molecule has 0 unspecified atom stereocenters. The second kappa shape index (κ2) is 6.33. The molecule has 0 spiro atoms. The number of nitrogens with zero attached hydrogens (tertiary/aromatic N) is 1. The molecule has 0 amide bonds. The summed E-state index contributed by atoms with van der Waals surface area (Å²) in [6.07, 6.45) is -5.17. The maximum absolute atomic E-state index is 9.94. The van der Waals surface area contributed by atoms with Crippen LogP contribution in [0.3, 0.4) is 0 Å². The predicted octanol–water partition coefficient (Wildman–Crippen LogP) is -1.22. The maximum Gasteiger partial charge on any atom is 0.190 e. The number of likely N-dealkylation sites (tertiary alicyclic amines) is 1. The van der Waals surface area contributed by atoms with E-state index in [0.29, 0.717) is 6.54 Å². The quantitative estimate of drug-likeness (QED) is 0.547. The van der Waals surface area contributed by atoms with Crippen molar-refractivity contribution in [2.45, 2.75) is 88.3 Å². The van der Waals surface area contributed by atoms with Gasteiger partial charge in [-0.1, -0.05) is 0 Å². The van der Waals surface area contributed by atoms with Crippen LogP contribution in [0.25, 0.3) is 0 Å². The third-order valence-electron chi connectivity index (χ3n) is 5.37. The summed E-state index contributed by atoms with van der Waals surface area (Å²) in [5.74, 6) is -1.54. The van der Waals surface area contributed by atoms with Crippen LogP contribution in [0, 0.1) is 0 Å². The van der Waals surface area contributed by atoms with Crippen molar-refractivity contribution in [2.24, 2.45) is 0 Å². The number of hydrogen-bond acceptors (Lipinski definition) is 9. The molecule has 4 aliphatic heterocycles. The average molecular weight is 375 g/mol. The number of aliphatic hydroxyl groups excluding tert-OH is 3. The molecule has 9 heteroatoms. The Morgan fingerprint density at radius 2 is 1.35 bits per heavy atom. The largest absolute Gasteiger partial charge is 0.389 e. The first kappa shape index (κ1) is 19.0. The Bertz CT molecular complexity index is 531. The van der Waals surface area contributed by atoms with Gasteiger partial charge in [-0.25, -0.2) is 0 Å².